The van der Waals surface area contributed by atoms with Crippen LogP contribution in [0.1, 0.15) is 25.5 Å². The Balaban J connectivity index is 2.07. The minimum absolute atomic E-state index is 0.0544. The minimum Gasteiger partial charge on any atom is -0.358 e. The lowest BCUT2D eigenvalue weighted by Crippen LogP contribution is -2.12. The van der Waals surface area contributed by atoms with E-state index in [9.17, 15) is 8.42 Å². The maximum absolute atomic E-state index is 12.6. The largest absolute Gasteiger partial charge is 0.358 e. The van der Waals surface area contributed by atoms with E-state index in [1.807, 2.05) is 13.8 Å². The summed E-state index contributed by atoms with van der Waals surface area (Å²) in [6.45, 7) is 3.93. The SMILES string of the molecule is CC(C)c1cc(OS(=O)(=O)c2ccc(Br)cc2)n(-c2ccccc2Cl)n1. The van der Waals surface area contributed by atoms with Crippen LogP contribution in [0.25, 0.3) is 5.69 Å². The molecule has 0 aliphatic rings. The van der Waals surface area contributed by atoms with Gasteiger partial charge in [0.15, 0.2) is 0 Å². The molecule has 2 aromatic carbocycles. The van der Waals surface area contributed by atoms with E-state index in [0.717, 1.165) is 4.47 Å². The number of rotatable bonds is 5. The number of para-hydroxylation sites is 1. The molecule has 0 spiro atoms. The molecule has 0 unspecified atom stereocenters. The average Bonchev–Trinajstić information content (AvgIpc) is 2.99. The highest BCUT2D eigenvalue weighted by Gasteiger charge is 2.22. The standard InChI is InChI=1S/C18H16BrClN2O3S/c1-12(2)16-11-18(22(21-16)17-6-4-3-5-15(17)20)25-26(23,24)14-9-7-13(19)8-10-14/h3-12H,1-2H3. The van der Waals surface area contributed by atoms with Gasteiger partial charge in [0.05, 0.1) is 16.4 Å². The minimum atomic E-state index is -4.01. The fourth-order valence-electron chi connectivity index (χ4n) is 2.28. The van der Waals surface area contributed by atoms with E-state index < -0.39 is 10.1 Å². The first kappa shape index (κ1) is 18.9. The zero-order valence-electron chi connectivity index (χ0n) is 14.1. The second-order valence-electron chi connectivity index (χ2n) is 5.92. The third kappa shape index (κ3) is 3.95. The molecule has 8 heteroatoms. The molecule has 0 fully saturated rings. The third-order valence-electron chi connectivity index (χ3n) is 3.67. The fourth-order valence-corrected chi connectivity index (χ4v) is 3.67. The third-order valence-corrected chi connectivity index (χ3v) is 5.75. The predicted molar refractivity (Wildman–Crippen MR) is 105 cm³/mol. The van der Waals surface area contributed by atoms with Crippen molar-refractivity contribution in [3.8, 4) is 11.6 Å². The zero-order valence-corrected chi connectivity index (χ0v) is 17.2. The predicted octanol–water partition coefficient (Wildman–Crippen LogP) is 5.18. The molecule has 1 aromatic heterocycles. The van der Waals surface area contributed by atoms with Gasteiger partial charge in [-0.3, -0.25) is 0 Å². The molecule has 0 N–H and O–H groups in total. The van der Waals surface area contributed by atoms with E-state index >= 15 is 0 Å². The van der Waals surface area contributed by atoms with Crippen LogP contribution in [0.2, 0.25) is 5.02 Å². The van der Waals surface area contributed by atoms with Crippen LogP contribution in [0.5, 0.6) is 5.88 Å². The highest BCUT2D eigenvalue weighted by Crippen LogP contribution is 2.30. The first-order valence-electron chi connectivity index (χ1n) is 7.83. The molecule has 0 aliphatic carbocycles. The number of halogens is 2. The molecule has 3 rings (SSSR count). The van der Waals surface area contributed by atoms with Crippen LogP contribution < -0.4 is 4.18 Å². The Kier molecular flexibility index (Phi) is 5.41. The summed E-state index contributed by atoms with van der Waals surface area (Å²) >= 11 is 9.54. The summed E-state index contributed by atoms with van der Waals surface area (Å²) in [5, 5.41) is 4.91. The quantitative estimate of drug-likeness (QED) is 0.497. The first-order chi connectivity index (χ1) is 12.3. The van der Waals surface area contributed by atoms with Gasteiger partial charge in [-0.05, 0) is 42.3 Å². The molecular formula is C18H16BrClN2O3S. The maximum atomic E-state index is 12.6. The summed E-state index contributed by atoms with van der Waals surface area (Å²) in [4.78, 5) is 0.0544. The first-order valence-corrected chi connectivity index (χ1v) is 10.4. The van der Waals surface area contributed by atoms with Crippen molar-refractivity contribution in [1.82, 2.24) is 9.78 Å². The van der Waals surface area contributed by atoms with Crippen molar-refractivity contribution in [2.24, 2.45) is 0 Å². The second-order valence-corrected chi connectivity index (χ2v) is 8.79. The monoisotopic (exact) mass is 454 g/mol. The number of nitrogens with zero attached hydrogens (tertiary/aromatic N) is 2. The van der Waals surface area contributed by atoms with Crippen molar-refractivity contribution < 1.29 is 12.6 Å². The lowest BCUT2D eigenvalue weighted by atomic mass is 10.1. The molecule has 0 amide bonds. The summed E-state index contributed by atoms with van der Waals surface area (Å²) in [6, 6.07) is 14.9. The van der Waals surface area contributed by atoms with Gasteiger partial charge in [0.2, 0.25) is 5.88 Å². The summed E-state index contributed by atoms with van der Waals surface area (Å²) in [6.07, 6.45) is 0. The molecule has 26 heavy (non-hydrogen) atoms. The topological polar surface area (TPSA) is 61.2 Å². The van der Waals surface area contributed by atoms with Gasteiger partial charge in [-0.25, -0.2) is 0 Å². The number of hydrogen-bond acceptors (Lipinski definition) is 4. The number of benzene rings is 2. The highest BCUT2D eigenvalue weighted by molar-refractivity contribution is 9.10. The molecule has 0 aliphatic heterocycles. The molecule has 0 saturated carbocycles. The van der Waals surface area contributed by atoms with Crippen LogP contribution in [0.3, 0.4) is 0 Å². The molecule has 1 heterocycles. The molecule has 3 aromatic rings. The van der Waals surface area contributed by atoms with Gasteiger partial charge in [0.1, 0.15) is 4.90 Å². The van der Waals surface area contributed by atoms with Gasteiger partial charge in [0, 0.05) is 10.5 Å². The van der Waals surface area contributed by atoms with Crippen molar-refractivity contribution >= 4 is 37.6 Å². The molecular weight excluding hydrogens is 440 g/mol. The summed E-state index contributed by atoms with van der Waals surface area (Å²) < 4.78 is 32.9. The Morgan fingerprint density at radius 2 is 1.77 bits per heavy atom. The van der Waals surface area contributed by atoms with Crippen LogP contribution in [-0.2, 0) is 10.1 Å². The van der Waals surface area contributed by atoms with Gasteiger partial charge in [-0.2, -0.15) is 18.2 Å². The number of hydrogen-bond donors (Lipinski definition) is 0. The fraction of sp³-hybridized carbons (Fsp3) is 0.167. The van der Waals surface area contributed by atoms with E-state index in [1.54, 1.807) is 42.5 Å². The van der Waals surface area contributed by atoms with Gasteiger partial charge >= 0.3 is 10.1 Å². The summed E-state index contributed by atoms with van der Waals surface area (Å²) in [5.41, 5.74) is 1.24. The molecule has 0 radical (unpaired) electrons. The lowest BCUT2D eigenvalue weighted by molar-refractivity contribution is 0.465. The van der Waals surface area contributed by atoms with Crippen molar-refractivity contribution in [2.45, 2.75) is 24.7 Å². The maximum Gasteiger partial charge on any atom is 0.340 e. The lowest BCUT2D eigenvalue weighted by Gasteiger charge is -2.10. The van der Waals surface area contributed by atoms with Gasteiger partial charge < -0.3 is 4.18 Å². The smallest absolute Gasteiger partial charge is 0.340 e. The summed E-state index contributed by atoms with van der Waals surface area (Å²) in [7, 11) is -4.01. The van der Waals surface area contributed by atoms with Crippen molar-refractivity contribution in [1.29, 1.82) is 0 Å². The van der Waals surface area contributed by atoms with Crippen molar-refractivity contribution in [3.05, 3.63) is 69.8 Å². The van der Waals surface area contributed by atoms with Crippen LogP contribution >= 0.6 is 27.5 Å². The summed E-state index contributed by atoms with van der Waals surface area (Å²) in [5.74, 6) is 0.182. The van der Waals surface area contributed by atoms with Crippen molar-refractivity contribution in [2.75, 3.05) is 0 Å². The van der Waals surface area contributed by atoms with Crippen LogP contribution in [0.4, 0.5) is 0 Å². The van der Waals surface area contributed by atoms with E-state index in [-0.39, 0.29) is 16.7 Å². The van der Waals surface area contributed by atoms with E-state index in [2.05, 4.69) is 21.0 Å². The van der Waals surface area contributed by atoms with Gasteiger partial charge in [-0.1, -0.05) is 53.5 Å². The van der Waals surface area contributed by atoms with Gasteiger partial charge in [0.25, 0.3) is 0 Å². The van der Waals surface area contributed by atoms with Gasteiger partial charge in [-0.15, -0.1) is 0 Å². The van der Waals surface area contributed by atoms with Crippen molar-refractivity contribution in [3.63, 3.8) is 0 Å². The normalized spacial score (nSPS) is 11.7. The zero-order chi connectivity index (χ0) is 18.9. The molecule has 5 nitrogen and oxygen atoms in total. The van der Waals surface area contributed by atoms with E-state index in [0.29, 0.717) is 16.4 Å². The van der Waals surface area contributed by atoms with E-state index in [4.69, 9.17) is 15.8 Å². The van der Waals surface area contributed by atoms with Crippen LogP contribution in [-0.4, -0.2) is 18.2 Å². The Morgan fingerprint density at radius 1 is 1.12 bits per heavy atom. The Morgan fingerprint density at radius 3 is 2.38 bits per heavy atom. The molecule has 0 saturated heterocycles. The second kappa shape index (κ2) is 7.42. The highest BCUT2D eigenvalue weighted by atomic mass is 79.9. The van der Waals surface area contributed by atoms with E-state index in [1.165, 1.54) is 16.8 Å². The van der Waals surface area contributed by atoms with Crippen LogP contribution in [0.15, 0.2) is 64.0 Å². The van der Waals surface area contributed by atoms with Crippen LogP contribution in [0, 0.1) is 0 Å². The Hall–Kier alpha value is -1.83. The molecule has 136 valence electrons. The Bertz CT molecular complexity index is 1030. The molecule has 0 bridgehead atoms. The Labute approximate surface area is 165 Å². The average molecular weight is 456 g/mol. The molecule has 0 atom stereocenters. The number of aromatic nitrogens is 2.